The summed E-state index contributed by atoms with van der Waals surface area (Å²) >= 11 is 0. The molecule has 0 bridgehead atoms. The fraction of sp³-hybridized carbons (Fsp3) is 0.158. The van der Waals surface area contributed by atoms with Gasteiger partial charge in [-0.2, -0.15) is 0 Å². The van der Waals surface area contributed by atoms with Gasteiger partial charge in [0.05, 0.1) is 0 Å². The summed E-state index contributed by atoms with van der Waals surface area (Å²) in [5.41, 5.74) is 1.98. The molecular weight excluding hydrogens is 305 g/mol. The molecule has 0 aliphatic carbocycles. The maximum Gasteiger partial charge on any atom is 0.252 e. The molecule has 1 unspecified atom stereocenters. The molecule has 1 amide bonds. The predicted molar refractivity (Wildman–Crippen MR) is 90.1 cm³/mol. The molecule has 0 fully saturated rings. The molecule has 24 heavy (non-hydrogen) atoms. The van der Waals surface area contributed by atoms with Crippen LogP contribution in [0.5, 0.6) is 0 Å². The zero-order valence-electron chi connectivity index (χ0n) is 13.5. The Bertz CT molecular complexity index is 855. The summed E-state index contributed by atoms with van der Waals surface area (Å²) in [5.74, 6) is -0.0819. The Labute approximate surface area is 140 Å². The zero-order valence-corrected chi connectivity index (χ0v) is 13.5. The van der Waals surface area contributed by atoms with Crippen molar-refractivity contribution in [1.82, 2.24) is 14.9 Å². The quantitative estimate of drug-likeness (QED) is 0.800. The van der Waals surface area contributed by atoms with Crippen LogP contribution in [0.4, 0.5) is 4.39 Å². The standard InChI is InChI=1S/C19H18FN3O/c1-13-7-9-14(10-8-13)19(24)22-17(18-21-11-12-23(18)2)15-5-3-4-6-16(15)20/h3-12,17H,1-2H3,(H,22,24). The molecule has 1 N–H and O–H groups in total. The van der Waals surface area contributed by atoms with E-state index in [1.165, 1.54) is 6.07 Å². The number of rotatable bonds is 4. The average Bonchev–Trinajstić information content (AvgIpc) is 3.00. The molecular formula is C19H18FN3O. The van der Waals surface area contributed by atoms with Gasteiger partial charge in [-0.15, -0.1) is 0 Å². The Morgan fingerprint density at radius 2 is 1.88 bits per heavy atom. The van der Waals surface area contributed by atoms with E-state index in [1.54, 1.807) is 47.3 Å². The van der Waals surface area contributed by atoms with Gasteiger partial charge in [0.15, 0.2) is 0 Å². The lowest BCUT2D eigenvalue weighted by atomic mass is 10.0. The second-order valence-electron chi connectivity index (χ2n) is 5.69. The summed E-state index contributed by atoms with van der Waals surface area (Å²) in [7, 11) is 1.81. The summed E-state index contributed by atoms with van der Waals surface area (Å²) in [6.45, 7) is 1.96. The average molecular weight is 323 g/mol. The van der Waals surface area contributed by atoms with Crippen LogP contribution in [0.25, 0.3) is 0 Å². The highest BCUT2D eigenvalue weighted by Gasteiger charge is 2.23. The number of imidazole rings is 1. The summed E-state index contributed by atoms with van der Waals surface area (Å²) in [4.78, 5) is 16.9. The van der Waals surface area contributed by atoms with E-state index in [1.807, 2.05) is 26.1 Å². The maximum absolute atomic E-state index is 14.3. The van der Waals surface area contributed by atoms with Crippen molar-refractivity contribution < 1.29 is 9.18 Å². The first-order chi connectivity index (χ1) is 11.6. The number of carbonyl (C=O) groups is 1. The van der Waals surface area contributed by atoms with E-state index >= 15 is 0 Å². The van der Waals surface area contributed by atoms with Crippen molar-refractivity contribution in [3.63, 3.8) is 0 Å². The first kappa shape index (κ1) is 15.9. The molecule has 3 aromatic rings. The van der Waals surface area contributed by atoms with E-state index in [-0.39, 0.29) is 11.7 Å². The highest BCUT2D eigenvalue weighted by atomic mass is 19.1. The minimum absolute atomic E-state index is 0.272. The van der Waals surface area contributed by atoms with Crippen molar-refractivity contribution in [2.24, 2.45) is 7.05 Å². The fourth-order valence-corrected chi connectivity index (χ4v) is 2.57. The van der Waals surface area contributed by atoms with Crippen LogP contribution >= 0.6 is 0 Å². The second kappa shape index (κ2) is 6.66. The number of nitrogens with one attached hydrogen (secondary N) is 1. The predicted octanol–water partition coefficient (Wildman–Crippen LogP) is 3.39. The number of hydrogen-bond acceptors (Lipinski definition) is 2. The van der Waals surface area contributed by atoms with Gasteiger partial charge in [-0.3, -0.25) is 4.79 Å². The maximum atomic E-state index is 14.3. The SMILES string of the molecule is Cc1ccc(C(=O)NC(c2ccccc2F)c2nccn2C)cc1. The molecule has 5 heteroatoms. The molecule has 4 nitrogen and oxygen atoms in total. The van der Waals surface area contributed by atoms with E-state index in [9.17, 15) is 9.18 Å². The monoisotopic (exact) mass is 323 g/mol. The third kappa shape index (κ3) is 3.20. The normalized spacial score (nSPS) is 12.0. The highest BCUT2D eigenvalue weighted by Crippen LogP contribution is 2.23. The lowest BCUT2D eigenvalue weighted by Gasteiger charge is -2.19. The molecule has 0 saturated carbocycles. The van der Waals surface area contributed by atoms with Crippen molar-refractivity contribution in [1.29, 1.82) is 0 Å². The summed E-state index contributed by atoms with van der Waals surface area (Å²) in [6, 6.07) is 13.0. The first-order valence-corrected chi connectivity index (χ1v) is 7.65. The molecule has 1 heterocycles. The van der Waals surface area contributed by atoms with Crippen LogP contribution in [0.1, 0.15) is 33.4 Å². The van der Waals surface area contributed by atoms with Crippen molar-refractivity contribution in [3.8, 4) is 0 Å². The summed E-state index contributed by atoms with van der Waals surface area (Å²) in [6.07, 6.45) is 3.39. The molecule has 122 valence electrons. The molecule has 1 atom stereocenters. The molecule has 0 radical (unpaired) electrons. The Kier molecular flexibility index (Phi) is 4.42. The Morgan fingerprint density at radius 3 is 2.50 bits per heavy atom. The third-order valence-electron chi connectivity index (χ3n) is 3.92. The molecule has 3 rings (SSSR count). The lowest BCUT2D eigenvalue weighted by Crippen LogP contribution is -2.31. The molecule has 0 spiro atoms. The summed E-state index contributed by atoms with van der Waals surface area (Å²) in [5, 5.41) is 2.89. The lowest BCUT2D eigenvalue weighted by molar-refractivity contribution is 0.0940. The third-order valence-corrected chi connectivity index (χ3v) is 3.92. The van der Waals surface area contributed by atoms with E-state index in [2.05, 4.69) is 10.3 Å². The number of halogens is 1. The van der Waals surface area contributed by atoms with Crippen molar-refractivity contribution in [2.45, 2.75) is 13.0 Å². The Hall–Kier alpha value is -2.95. The van der Waals surface area contributed by atoms with Gasteiger partial charge in [0.2, 0.25) is 0 Å². The van der Waals surface area contributed by atoms with E-state index in [0.717, 1.165) is 5.56 Å². The number of hydrogen-bond donors (Lipinski definition) is 1. The van der Waals surface area contributed by atoms with Crippen molar-refractivity contribution >= 4 is 5.91 Å². The van der Waals surface area contributed by atoms with Crippen molar-refractivity contribution in [2.75, 3.05) is 0 Å². The van der Waals surface area contributed by atoms with Crippen LogP contribution < -0.4 is 5.32 Å². The molecule has 0 aliphatic rings. The van der Waals surface area contributed by atoms with Crippen molar-refractivity contribution in [3.05, 3.63) is 89.3 Å². The number of aromatic nitrogens is 2. The first-order valence-electron chi connectivity index (χ1n) is 7.65. The van der Waals surface area contributed by atoms with Gasteiger partial charge in [0, 0.05) is 30.6 Å². The molecule has 0 saturated heterocycles. The van der Waals surface area contributed by atoms with Crippen LogP contribution in [0.15, 0.2) is 60.9 Å². The number of benzene rings is 2. The minimum atomic E-state index is -0.667. The van der Waals surface area contributed by atoms with Gasteiger partial charge in [-0.25, -0.2) is 9.37 Å². The number of carbonyl (C=O) groups excluding carboxylic acids is 1. The Morgan fingerprint density at radius 1 is 1.17 bits per heavy atom. The van der Waals surface area contributed by atoms with Crippen LogP contribution in [-0.2, 0) is 7.05 Å². The van der Waals surface area contributed by atoms with E-state index in [4.69, 9.17) is 0 Å². The number of nitrogens with zero attached hydrogens (tertiary/aromatic N) is 2. The molecule has 2 aromatic carbocycles. The zero-order chi connectivity index (χ0) is 17.1. The minimum Gasteiger partial charge on any atom is -0.338 e. The van der Waals surface area contributed by atoms with Crippen LogP contribution in [0.2, 0.25) is 0 Å². The number of aryl methyl sites for hydroxylation is 2. The van der Waals surface area contributed by atoms with E-state index in [0.29, 0.717) is 17.0 Å². The second-order valence-corrected chi connectivity index (χ2v) is 5.69. The van der Waals surface area contributed by atoms with Gasteiger partial charge in [0.1, 0.15) is 17.7 Å². The smallest absolute Gasteiger partial charge is 0.252 e. The summed E-state index contributed by atoms with van der Waals surface area (Å²) < 4.78 is 16.1. The topological polar surface area (TPSA) is 46.9 Å². The van der Waals surface area contributed by atoms with Crippen LogP contribution in [0.3, 0.4) is 0 Å². The highest BCUT2D eigenvalue weighted by molar-refractivity contribution is 5.94. The fourth-order valence-electron chi connectivity index (χ4n) is 2.57. The van der Waals surface area contributed by atoms with Gasteiger partial charge in [-0.1, -0.05) is 35.9 Å². The van der Waals surface area contributed by atoms with Gasteiger partial charge < -0.3 is 9.88 Å². The largest absolute Gasteiger partial charge is 0.338 e. The Balaban J connectivity index is 1.97. The molecule has 1 aromatic heterocycles. The van der Waals surface area contributed by atoms with Crippen LogP contribution in [0, 0.1) is 12.7 Å². The van der Waals surface area contributed by atoms with E-state index < -0.39 is 6.04 Å². The van der Waals surface area contributed by atoms with Gasteiger partial charge in [-0.05, 0) is 25.1 Å². The van der Waals surface area contributed by atoms with Crippen LogP contribution in [-0.4, -0.2) is 15.5 Å². The van der Waals surface area contributed by atoms with Gasteiger partial charge in [0.25, 0.3) is 5.91 Å². The van der Waals surface area contributed by atoms with Gasteiger partial charge >= 0.3 is 0 Å². The number of amides is 1. The molecule has 0 aliphatic heterocycles.